The van der Waals surface area contributed by atoms with E-state index in [2.05, 4.69) is 18.4 Å². The van der Waals surface area contributed by atoms with Crippen molar-refractivity contribution in [3.8, 4) is 0 Å². The number of benzene rings is 1. The highest BCUT2D eigenvalue weighted by Gasteiger charge is 2.18. The lowest BCUT2D eigenvalue weighted by Crippen LogP contribution is -2.35. The van der Waals surface area contributed by atoms with Crippen molar-refractivity contribution in [1.29, 1.82) is 0 Å². The summed E-state index contributed by atoms with van der Waals surface area (Å²) in [7, 11) is 0. The number of hydrogen-bond donors (Lipinski definition) is 2. The van der Waals surface area contributed by atoms with E-state index in [1.54, 1.807) is 6.92 Å². The number of thiol groups is 1. The molecule has 0 fully saturated rings. The Morgan fingerprint density at radius 2 is 1.74 bits per heavy atom. The van der Waals surface area contributed by atoms with Gasteiger partial charge in [-0.15, -0.1) is 0 Å². The molecule has 1 aromatic rings. The summed E-state index contributed by atoms with van der Waals surface area (Å²) in [5.41, 5.74) is 5.33. The fourth-order valence-corrected chi connectivity index (χ4v) is 2.12. The molecule has 1 amide bonds. The molecule has 1 aromatic carbocycles. The lowest BCUT2D eigenvalue weighted by Gasteiger charge is -2.23. The van der Waals surface area contributed by atoms with Crippen molar-refractivity contribution in [3.63, 3.8) is 0 Å². The number of carbonyl (C=O) groups excluding carboxylic acids is 2. The summed E-state index contributed by atoms with van der Waals surface area (Å²) in [4.78, 5) is 23.0. The molecule has 2 N–H and O–H groups in total. The Bertz CT molecular complexity index is 501. The van der Waals surface area contributed by atoms with Gasteiger partial charge in [0.05, 0.1) is 0 Å². The van der Waals surface area contributed by atoms with E-state index >= 15 is 0 Å². The van der Waals surface area contributed by atoms with Gasteiger partial charge in [0.1, 0.15) is 0 Å². The smallest absolute Gasteiger partial charge is 0.273 e. The van der Waals surface area contributed by atoms with Crippen LogP contribution < -0.4 is 5.73 Å². The van der Waals surface area contributed by atoms with E-state index in [0.29, 0.717) is 11.6 Å². The van der Waals surface area contributed by atoms with Gasteiger partial charge < -0.3 is 15.4 Å². The van der Waals surface area contributed by atoms with Crippen LogP contribution in [0.15, 0.2) is 30.3 Å². The predicted molar refractivity (Wildman–Crippen MR) is 99.8 cm³/mol. The van der Waals surface area contributed by atoms with Crippen LogP contribution in [-0.2, 0) is 16.0 Å². The van der Waals surface area contributed by atoms with Crippen molar-refractivity contribution < 1.29 is 14.3 Å². The average molecular weight is 357 g/mol. The van der Waals surface area contributed by atoms with Crippen molar-refractivity contribution >= 4 is 41.0 Å². The lowest BCUT2D eigenvalue weighted by atomic mass is 10.1. The van der Waals surface area contributed by atoms with Gasteiger partial charge in [0.25, 0.3) is 10.4 Å². The largest absolute Gasteiger partial charge is 0.460 e. The van der Waals surface area contributed by atoms with E-state index in [1.807, 2.05) is 49.1 Å². The first kappa shape index (κ1) is 21.4. The highest BCUT2D eigenvalue weighted by molar-refractivity contribution is 7.96. The standard InChI is InChI=1S/C15H21NO2S.CH3NOS/c1-4-16(5-2)15(19)18-12(3)14(17)11-13-9-7-6-8-10-13;2-1(3)4/h6-10,12H,4-5,11H2,1-3H3;(H3,2,3,4). The van der Waals surface area contributed by atoms with Crippen molar-refractivity contribution in [1.82, 2.24) is 4.90 Å². The second kappa shape index (κ2) is 11.9. The number of primary amides is 1. The van der Waals surface area contributed by atoms with E-state index < -0.39 is 11.3 Å². The molecule has 0 aliphatic heterocycles. The zero-order valence-electron chi connectivity index (χ0n) is 13.7. The van der Waals surface area contributed by atoms with Crippen molar-refractivity contribution in [2.45, 2.75) is 33.3 Å². The number of Topliss-reactive ketones (excluding diaryl/α,β-unsaturated/α-hetero) is 1. The minimum absolute atomic E-state index is 0.0423. The molecule has 128 valence electrons. The van der Waals surface area contributed by atoms with Gasteiger partial charge >= 0.3 is 0 Å². The summed E-state index contributed by atoms with van der Waals surface area (Å²) in [6, 6.07) is 9.66. The number of ether oxygens (including phenoxy) is 1. The molecule has 0 aliphatic rings. The molecule has 0 aliphatic carbocycles. The van der Waals surface area contributed by atoms with Gasteiger partial charge in [-0.1, -0.05) is 43.0 Å². The number of carbonyl (C=O) groups is 2. The molecule has 0 radical (unpaired) electrons. The van der Waals surface area contributed by atoms with E-state index in [4.69, 9.17) is 21.7 Å². The van der Waals surface area contributed by atoms with Crippen molar-refractivity contribution in [3.05, 3.63) is 35.9 Å². The fraction of sp³-hybridized carbons (Fsp3) is 0.438. The van der Waals surface area contributed by atoms with Crippen LogP contribution in [0.3, 0.4) is 0 Å². The summed E-state index contributed by atoms with van der Waals surface area (Å²) in [6.45, 7) is 7.34. The van der Waals surface area contributed by atoms with Gasteiger partial charge in [-0.3, -0.25) is 9.59 Å². The van der Waals surface area contributed by atoms with Crippen molar-refractivity contribution in [2.24, 2.45) is 5.73 Å². The van der Waals surface area contributed by atoms with Crippen LogP contribution in [0.25, 0.3) is 0 Å². The predicted octanol–water partition coefficient (Wildman–Crippen LogP) is 2.82. The second-order valence-corrected chi connectivity index (χ2v) is 5.46. The molecule has 0 bridgehead atoms. The number of nitrogens with zero attached hydrogens (tertiary/aromatic N) is 1. The Balaban J connectivity index is 0.00000108. The summed E-state index contributed by atoms with van der Waals surface area (Å²) in [5.74, 6) is 0.0423. The lowest BCUT2D eigenvalue weighted by molar-refractivity contribution is -0.125. The van der Waals surface area contributed by atoms with Crippen LogP contribution in [0, 0.1) is 0 Å². The molecule has 0 heterocycles. The first-order valence-corrected chi connectivity index (χ1v) is 8.17. The van der Waals surface area contributed by atoms with E-state index in [1.165, 1.54) is 0 Å². The van der Waals surface area contributed by atoms with Crippen LogP contribution in [-0.4, -0.2) is 40.3 Å². The van der Waals surface area contributed by atoms with Gasteiger partial charge in [-0.25, -0.2) is 0 Å². The molecule has 0 aromatic heterocycles. The van der Waals surface area contributed by atoms with Crippen LogP contribution in [0.1, 0.15) is 26.3 Å². The van der Waals surface area contributed by atoms with E-state index in [-0.39, 0.29) is 5.78 Å². The Hall–Kier alpha value is -1.60. The first-order valence-electron chi connectivity index (χ1n) is 7.32. The monoisotopic (exact) mass is 356 g/mol. The quantitative estimate of drug-likeness (QED) is 0.606. The molecule has 23 heavy (non-hydrogen) atoms. The van der Waals surface area contributed by atoms with Crippen LogP contribution >= 0.6 is 24.8 Å². The van der Waals surface area contributed by atoms with Crippen LogP contribution in [0.5, 0.6) is 0 Å². The number of ketones is 1. The normalized spacial score (nSPS) is 10.8. The summed E-state index contributed by atoms with van der Waals surface area (Å²) in [6.07, 6.45) is -0.128. The molecule has 5 nitrogen and oxygen atoms in total. The minimum Gasteiger partial charge on any atom is -0.460 e. The third-order valence-corrected chi connectivity index (χ3v) is 3.33. The summed E-state index contributed by atoms with van der Waals surface area (Å²) >= 11 is 8.29. The molecular weight excluding hydrogens is 332 g/mol. The number of nitrogens with two attached hydrogens (primary N) is 1. The molecule has 1 atom stereocenters. The second-order valence-electron chi connectivity index (χ2n) is 4.67. The molecule has 7 heteroatoms. The Kier molecular flexibility index (Phi) is 11.1. The Morgan fingerprint density at radius 1 is 1.26 bits per heavy atom. The summed E-state index contributed by atoms with van der Waals surface area (Å²) in [5, 5.41) is -0.237. The zero-order chi connectivity index (χ0) is 17.8. The molecule has 1 rings (SSSR count). The number of amides is 1. The summed E-state index contributed by atoms with van der Waals surface area (Å²) < 4.78 is 5.54. The maximum atomic E-state index is 12.0. The SMILES string of the molecule is CCN(CC)C(=S)OC(C)C(=O)Cc1ccccc1.NC(=O)S. The van der Waals surface area contributed by atoms with Crippen LogP contribution in [0.4, 0.5) is 4.79 Å². The van der Waals surface area contributed by atoms with E-state index in [9.17, 15) is 4.79 Å². The van der Waals surface area contributed by atoms with Gasteiger partial charge in [-0.2, -0.15) is 0 Å². The van der Waals surface area contributed by atoms with E-state index in [0.717, 1.165) is 18.7 Å². The molecule has 1 unspecified atom stereocenters. The maximum Gasteiger partial charge on any atom is 0.273 e. The third-order valence-electron chi connectivity index (χ3n) is 2.97. The van der Waals surface area contributed by atoms with Gasteiger partial charge in [0, 0.05) is 19.5 Å². The fourth-order valence-electron chi connectivity index (χ4n) is 1.71. The van der Waals surface area contributed by atoms with Crippen molar-refractivity contribution in [2.75, 3.05) is 13.1 Å². The highest BCUT2D eigenvalue weighted by Crippen LogP contribution is 2.06. The minimum atomic E-state index is -0.639. The zero-order valence-corrected chi connectivity index (χ0v) is 15.4. The molecule has 0 saturated heterocycles. The number of rotatable bonds is 6. The van der Waals surface area contributed by atoms with Gasteiger partial charge in [0.15, 0.2) is 11.9 Å². The maximum absolute atomic E-state index is 12.0. The number of hydrogen-bond acceptors (Lipinski definition) is 4. The molecular formula is C16H24N2O3S2. The molecule has 0 spiro atoms. The topological polar surface area (TPSA) is 72.6 Å². The van der Waals surface area contributed by atoms with Gasteiger partial charge in [0.2, 0.25) is 0 Å². The number of thiocarbonyl (C=S) groups is 1. The average Bonchev–Trinajstić information content (AvgIpc) is 2.48. The highest BCUT2D eigenvalue weighted by atomic mass is 32.1. The Labute approximate surface area is 148 Å². The molecule has 0 saturated carbocycles. The van der Waals surface area contributed by atoms with Gasteiger partial charge in [-0.05, 0) is 38.6 Å². The third kappa shape index (κ3) is 9.91. The van der Waals surface area contributed by atoms with Crippen LogP contribution in [0.2, 0.25) is 0 Å². The Morgan fingerprint density at radius 3 is 2.17 bits per heavy atom. The first-order chi connectivity index (χ1) is 10.8.